The zero-order chi connectivity index (χ0) is 24.0. The molecule has 0 aliphatic heterocycles. The Hall–Kier alpha value is -3.22. The van der Waals surface area contributed by atoms with Crippen LogP contribution in [0.15, 0.2) is 30.5 Å². The first kappa shape index (κ1) is 25.0. The summed E-state index contributed by atoms with van der Waals surface area (Å²) in [5.74, 6) is -2.06. The summed E-state index contributed by atoms with van der Waals surface area (Å²) in [6.45, 7) is 10.8. The predicted octanol–water partition coefficient (Wildman–Crippen LogP) is 4.58. The largest absolute Gasteiger partial charge is 0.493 e. The Morgan fingerprint density at radius 2 is 1.66 bits per heavy atom. The van der Waals surface area contributed by atoms with Gasteiger partial charge in [-0.2, -0.15) is 0 Å². The van der Waals surface area contributed by atoms with E-state index in [2.05, 4.69) is 4.98 Å². The summed E-state index contributed by atoms with van der Waals surface area (Å²) in [5.41, 5.74) is 3.38. The maximum atomic E-state index is 12.8. The third-order valence-electron chi connectivity index (χ3n) is 5.50. The number of nitrogens with zero attached hydrogens (tertiary/aromatic N) is 1. The molecule has 7 nitrogen and oxygen atoms in total. The van der Waals surface area contributed by atoms with Crippen LogP contribution in [0.25, 0.3) is 0 Å². The van der Waals surface area contributed by atoms with Crippen molar-refractivity contribution in [3.63, 3.8) is 0 Å². The van der Waals surface area contributed by atoms with E-state index in [0.29, 0.717) is 0 Å². The summed E-state index contributed by atoms with van der Waals surface area (Å²) >= 11 is 0. The molecule has 32 heavy (non-hydrogen) atoms. The monoisotopic (exact) mass is 441 g/mol. The van der Waals surface area contributed by atoms with Crippen LogP contribution >= 0.6 is 0 Å². The van der Waals surface area contributed by atoms with Crippen LogP contribution in [-0.4, -0.2) is 35.9 Å². The summed E-state index contributed by atoms with van der Waals surface area (Å²) in [4.78, 5) is 41.0. The van der Waals surface area contributed by atoms with Crippen molar-refractivity contribution in [3.05, 3.63) is 52.8 Å². The second-order valence-corrected chi connectivity index (χ2v) is 8.05. The smallest absolute Gasteiger partial charge is 0.309 e. The Bertz CT molecular complexity index is 980. The molecule has 172 valence electrons. The second-order valence-electron chi connectivity index (χ2n) is 8.05. The standard InChI is InChI=1S/C25H31NO6/c1-14-9-8-10-15(2)22(14)17(4)18(5)31-25(29)16(3)13-20(28)23-24(32-19(6)27)21(30-7)11-12-26-23/h8-12,16-18H,13H2,1-7H3/t16-,17?,18?/m1/s1. The maximum absolute atomic E-state index is 12.8. The lowest BCUT2D eigenvalue weighted by atomic mass is 9.89. The third kappa shape index (κ3) is 5.93. The minimum atomic E-state index is -0.701. The quantitative estimate of drug-likeness (QED) is 0.415. The van der Waals surface area contributed by atoms with E-state index >= 15 is 0 Å². The highest BCUT2D eigenvalue weighted by Crippen LogP contribution is 2.32. The SMILES string of the molecule is COc1ccnc(C(=O)C[C@@H](C)C(=O)OC(C)C(C)c2c(C)cccc2C)c1OC(C)=O. The van der Waals surface area contributed by atoms with E-state index in [1.807, 2.05) is 45.9 Å². The van der Waals surface area contributed by atoms with Crippen molar-refractivity contribution in [3.8, 4) is 11.5 Å². The highest BCUT2D eigenvalue weighted by atomic mass is 16.6. The molecule has 0 bridgehead atoms. The zero-order valence-corrected chi connectivity index (χ0v) is 19.7. The van der Waals surface area contributed by atoms with Crippen LogP contribution in [-0.2, 0) is 14.3 Å². The van der Waals surface area contributed by atoms with Crippen LogP contribution in [0.5, 0.6) is 11.5 Å². The molecule has 2 rings (SSSR count). The van der Waals surface area contributed by atoms with Crippen LogP contribution < -0.4 is 9.47 Å². The van der Waals surface area contributed by atoms with E-state index in [1.54, 1.807) is 6.92 Å². The molecular formula is C25H31NO6. The predicted molar refractivity (Wildman–Crippen MR) is 120 cm³/mol. The molecule has 2 unspecified atom stereocenters. The number of Topliss-reactive ketones (excluding diaryl/α,β-unsaturated/α-hetero) is 1. The lowest BCUT2D eigenvalue weighted by Gasteiger charge is -2.25. The zero-order valence-electron chi connectivity index (χ0n) is 19.7. The Kier molecular flexibility index (Phi) is 8.52. The first-order valence-electron chi connectivity index (χ1n) is 10.6. The molecule has 0 saturated carbocycles. The van der Waals surface area contributed by atoms with Crippen molar-refractivity contribution >= 4 is 17.7 Å². The van der Waals surface area contributed by atoms with Crippen molar-refractivity contribution in [1.82, 2.24) is 4.98 Å². The van der Waals surface area contributed by atoms with Gasteiger partial charge < -0.3 is 14.2 Å². The van der Waals surface area contributed by atoms with Crippen molar-refractivity contribution in [2.75, 3.05) is 7.11 Å². The maximum Gasteiger partial charge on any atom is 0.309 e. The van der Waals surface area contributed by atoms with Crippen LogP contribution in [0.1, 0.15) is 67.2 Å². The molecule has 0 saturated heterocycles. The highest BCUT2D eigenvalue weighted by molar-refractivity contribution is 5.99. The van der Waals surface area contributed by atoms with E-state index in [1.165, 1.54) is 26.3 Å². The average Bonchev–Trinajstić information content (AvgIpc) is 2.72. The van der Waals surface area contributed by atoms with E-state index < -0.39 is 23.6 Å². The number of hydrogen-bond donors (Lipinski definition) is 0. The lowest BCUT2D eigenvalue weighted by molar-refractivity contribution is -0.153. The number of benzene rings is 1. The van der Waals surface area contributed by atoms with Gasteiger partial charge in [0.15, 0.2) is 17.2 Å². The van der Waals surface area contributed by atoms with E-state index in [9.17, 15) is 14.4 Å². The van der Waals surface area contributed by atoms with Gasteiger partial charge in [-0.05, 0) is 37.5 Å². The summed E-state index contributed by atoms with van der Waals surface area (Å²) < 4.78 is 16.0. The van der Waals surface area contributed by atoms with Gasteiger partial charge in [0.05, 0.1) is 13.0 Å². The number of carbonyl (C=O) groups excluding carboxylic acids is 3. The topological polar surface area (TPSA) is 91.8 Å². The molecule has 0 aliphatic carbocycles. The fraction of sp³-hybridized carbons (Fsp3) is 0.440. The number of hydrogen-bond acceptors (Lipinski definition) is 7. The molecule has 7 heteroatoms. The van der Waals surface area contributed by atoms with Gasteiger partial charge in [-0.15, -0.1) is 0 Å². The Morgan fingerprint density at radius 1 is 1.03 bits per heavy atom. The van der Waals surface area contributed by atoms with E-state index in [-0.39, 0.29) is 35.6 Å². The lowest BCUT2D eigenvalue weighted by Crippen LogP contribution is -2.27. The molecule has 0 amide bonds. The van der Waals surface area contributed by atoms with Crippen LogP contribution in [0.4, 0.5) is 0 Å². The minimum Gasteiger partial charge on any atom is -0.493 e. The summed E-state index contributed by atoms with van der Waals surface area (Å²) in [6.07, 6.45) is 0.875. The van der Waals surface area contributed by atoms with Crippen molar-refractivity contribution in [1.29, 1.82) is 0 Å². The Morgan fingerprint density at radius 3 is 2.22 bits per heavy atom. The molecule has 0 spiro atoms. The minimum absolute atomic E-state index is 0.00123. The van der Waals surface area contributed by atoms with Gasteiger partial charge in [0.2, 0.25) is 5.75 Å². The normalized spacial score (nSPS) is 13.6. The molecular weight excluding hydrogens is 410 g/mol. The molecule has 2 aromatic rings. The van der Waals surface area contributed by atoms with E-state index in [4.69, 9.17) is 14.2 Å². The molecule has 1 aromatic carbocycles. The fourth-order valence-corrected chi connectivity index (χ4v) is 3.67. The molecule has 0 fully saturated rings. The number of esters is 2. The first-order chi connectivity index (χ1) is 15.1. The third-order valence-corrected chi connectivity index (χ3v) is 5.50. The van der Waals surface area contributed by atoms with Gasteiger partial charge >= 0.3 is 11.9 Å². The average molecular weight is 442 g/mol. The molecule has 0 aliphatic rings. The van der Waals surface area contributed by atoms with Crippen molar-refractivity contribution in [2.45, 2.75) is 60.0 Å². The molecule has 1 heterocycles. The van der Waals surface area contributed by atoms with Gasteiger partial charge in [0.25, 0.3) is 0 Å². The van der Waals surface area contributed by atoms with Crippen molar-refractivity contribution < 1.29 is 28.6 Å². The number of rotatable bonds is 9. The molecule has 1 aromatic heterocycles. The molecule has 3 atom stereocenters. The highest BCUT2D eigenvalue weighted by Gasteiger charge is 2.28. The summed E-state index contributed by atoms with van der Waals surface area (Å²) in [5, 5.41) is 0. The second kappa shape index (κ2) is 10.9. The van der Waals surface area contributed by atoms with Gasteiger partial charge in [0, 0.05) is 31.5 Å². The summed E-state index contributed by atoms with van der Waals surface area (Å²) in [6, 6.07) is 7.57. The number of methoxy groups -OCH3 is 1. The van der Waals surface area contributed by atoms with Crippen LogP contribution in [0, 0.1) is 19.8 Å². The van der Waals surface area contributed by atoms with Crippen LogP contribution in [0.2, 0.25) is 0 Å². The first-order valence-corrected chi connectivity index (χ1v) is 10.6. The number of ether oxygens (including phenoxy) is 3. The number of carbonyl (C=O) groups is 3. The van der Waals surface area contributed by atoms with Crippen molar-refractivity contribution in [2.24, 2.45) is 5.92 Å². The Labute approximate surface area is 189 Å². The number of aryl methyl sites for hydroxylation is 2. The van der Waals surface area contributed by atoms with E-state index in [0.717, 1.165) is 16.7 Å². The van der Waals surface area contributed by atoms with Crippen LogP contribution in [0.3, 0.4) is 0 Å². The van der Waals surface area contributed by atoms with Gasteiger partial charge in [0.1, 0.15) is 6.10 Å². The Balaban J connectivity index is 2.11. The van der Waals surface area contributed by atoms with Gasteiger partial charge in [-0.3, -0.25) is 14.4 Å². The number of pyridine rings is 1. The number of ketones is 1. The van der Waals surface area contributed by atoms with Gasteiger partial charge in [-0.1, -0.05) is 32.0 Å². The van der Waals surface area contributed by atoms with Gasteiger partial charge in [-0.25, -0.2) is 4.98 Å². The molecule has 0 N–H and O–H groups in total. The molecule has 0 radical (unpaired) electrons. The summed E-state index contributed by atoms with van der Waals surface area (Å²) in [7, 11) is 1.40. The fourth-order valence-electron chi connectivity index (χ4n) is 3.67. The number of aromatic nitrogens is 1.